The molecule has 1 aromatic carbocycles. The van der Waals surface area contributed by atoms with Crippen molar-refractivity contribution in [1.29, 1.82) is 0 Å². The Morgan fingerprint density at radius 3 is 2.67 bits per heavy atom. The molecule has 0 saturated heterocycles. The smallest absolute Gasteiger partial charge is 0.288 e. The molecule has 1 fully saturated rings. The number of nitro benzene ring substituents is 1. The lowest BCUT2D eigenvalue weighted by Gasteiger charge is -2.00. The zero-order chi connectivity index (χ0) is 11.0. The Balaban J connectivity index is 2.37. The molecule has 0 aliphatic heterocycles. The topological polar surface area (TPSA) is 60.2 Å². The molecule has 0 amide bonds. The molecule has 1 aromatic rings. The van der Waals surface area contributed by atoms with Crippen LogP contribution in [0.2, 0.25) is 5.02 Å². The molecule has 4 nitrogen and oxygen atoms in total. The largest absolute Gasteiger partial charge is 0.294 e. The van der Waals surface area contributed by atoms with Crippen LogP contribution in [0.25, 0.3) is 0 Å². The zero-order valence-corrected chi connectivity index (χ0v) is 8.53. The fourth-order valence-electron chi connectivity index (χ4n) is 1.39. The maximum absolute atomic E-state index is 11.6. The molecule has 15 heavy (non-hydrogen) atoms. The summed E-state index contributed by atoms with van der Waals surface area (Å²) in [6.45, 7) is 0. The molecule has 0 atom stereocenters. The number of hydrogen-bond donors (Lipinski definition) is 0. The van der Waals surface area contributed by atoms with E-state index < -0.39 is 4.92 Å². The summed E-state index contributed by atoms with van der Waals surface area (Å²) in [5, 5.41) is 10.7. The van der Waals surface area contributed by atoms with Crippen LogP contribution >= 0.6 is 11.6 Å². The lowest BCUT2D eigenvalue weighted by atomic mass is 10.1. The molecule has 0 spiro atoms. The van der Waals surface area contributed by atoms with E-state index in [1.807, 2.05) is 0 Å². The van der Waals surface area contributed by atoms with Gasteiger partial charge in [0.15, 0.2) is 5.78 Å². The van der Waals surface area contributed by atoms with Crippen molar-refractivity contribution in [3.8, 4) is 0 Å². The van der Waals surface area contributed by atoms with Crippen LogP contribution in [0.5, 0.6) is 0 Å². The van der Waals surface area contributed by atoms with Gasteiger partial charge >= 0.3 is 0 Å². The van der Waals surface area contributed by atoms with Crippen LogP contribution in [0.15, 0.2) is 18.2 Å². The van der Waals surface area contributed by atoms with Crippen LogP contribution < -0.4 is 0 Å². The molecule has 78 valence electrons. The van der Waals surface area contributed by atoms with Crippen molar-refractivity contribution in [3.05, 3.63) is 38.9 Å². The summed E-state index contributed by atoms with van der Waals surface area (Å²) in [7, 11) is 0. The highest BCUT2D eigenvalue weighted by atomic mass is 35.5. The molecule has 0 unspecified atom stereocenters. The van der Waals surface area contributed by atoms with E-state index in [1.54, 1.807) is 0 Å². The van der Waals surface area contributed by atoms with Crippen molar-refractivity contribution in [2.75, 3.05) is 0 Å². The molecular formula is C10H8ClNO3. The number of carbonyl (C=O) groups is 1. The maximum atomic E-state index is 11.6. The van der Waals surface area contributed by atoms with Crippen LogP contribution in [0.3, 0.4) is 0 Å². The predicted octanol–water partition coefficient (Wildman–Crippen LogP) is 2.84. The second-order valence-corrected chi connectivity index (χ2v) is 3.97. The Bertz CT molecular complexity index is 440. The third-order valence-electron chi connectivity index (χ3n) is 2.38. The average Bonchev–Trinajstić information content (AvgIpc) is 3.00. The minimum atomic E-state index is -0.577. The van der Waals surface area contributed by atoms with Gasteiger partial charge in [0.1, 0.15) is 5.02 Å². The Labute approximate surface area is 91.0 Å². The molecule has 0 radical (unpaired) electrons. The lowest BCUT2D eigenvalue weighted by Crippen LogP contribution is -2.02. The number of rotatable bonds is 3. The summed E-state index contributed by atoms with van der Waals surface area (Å²) < 4.78 is 0. The van der Waals surface area contributed by atoms with Gasteiger partial charge in [0, 0.05) is 17.5 Å². The van der Waals surface area contributed by atoms with E-state index in [-0.39, 0.29) is 22.4 Å². The van der Waals surface area contributed by atoms with Gasteiger partial charge in [-0.3, -0.25) is 14.9 Å². The second-order valence-electron chi connectivity index (χ2n) is 3.56. The number of nitro groups is 1. The van der Waals surface area contributed by atoms with Crippen molar-refractivity contribution in [3.63, 3.8) is 0 Å². The summed E-state index contributed by atoms with van der Waals surface area (Å²) in [5.41, 5.74) is 0.178. The van der Waals surface area contributed by atoms with Gasteiger partial charge in [0.05, 0.1) is 4.92 Å². The van der Waals surface area contributed by atoms with Gasteiger partial charge < -0.3 is 0 Å². The van der Waals surface area contributed by atoms with Gasteiger partial charge in [-0.15, -0.1) is 0 Å². The molecular weight excluding hydrogens is 218 g/mol. The summed E-state index contributed by atoms with van der Waals surface area (Å²) in [6, 6.07) is 4.19. The molecule has 0 bridgehead atoms. The minimum absolute atomic E-state index is 0.0187. The molecule has 0 N–H and O–H groups in total. The van der Waals surface area contributed by atoms with E-state index in [2.05, 4.69) is 0 Å². The van der Waals surface area contributed by atoms with Gasteiger partial charge in [-0.2, -0.15) is 0 Å². The number of nitrogens with zero attached hydrogens (tertiary/aromatic N) is 1. The highest BCUT2D eigenvalue weighted by Gasteiger charge is 2.31. The summed E-state index contributed by atoms with van der Waals surface area (Å²) >= 11 is 5.64. The van der Waals surface area contributed by atoms with Crippen LogP contribution in [-0.4, -0.2) is 10.7 Å². The maximum Gasteiger partial charge on any atom is 0.288 e. The van der Waals surface area contributed by atoms with Crippen molar-refractivity contribution in [2.24, 2.45) is 5.92 Å². The Morgan fingerprint density at radius 1 is 1.47 bits per heavy atom. The second kappa shape index (κ2) is 3.62. The van der Waals surface area contributed by atoms with Crippen molar-refractivity contribution in [2.45, 2.75) is 12.8 Å². The molecule has 1 aliphatic carbocycles. The van der Waals surface area contributed by atoms with Gasteiger partial charge in [-0.25, -0.2) is 0 Å². The number of ketones is 1. The molecule has 1 aliphatic rings. The molecule has 5 heteroatoms. The Hall–Kier alpha value is -1.42. The SMILES string of the molecule is O=C(c1ccc(Cl)c([N+](=O)[O-])c1)C1CC1. The predicted molar refractivity (Wildman–Crippen MR) is 55.2 cm³/mol. The standard InChI is InChI=1S/C10H8ClNO3/c11-8-4-3-7(5-9(8)12(14)15)10(13)6-1-2-6/h3-6H,1-2H2. The number of benzene rings is 1. The first-order valence-corrected chi connectivity index (χ1v) is 4.95. The first kappa shape index (κ1) is 10.1. The molecule has 1 saturated carbocycles. The highest BCUT2D eigenvalue weighted by Crippen LogP contribution is 2.34. The van der Waals surface area contributed by atoms with Gasteiger partial charge in [0.25, 0.3) is 5.69 Å². The van der Waals surface area contributed by atoms with Gasteiger partial charge in [0.2, 0.25) is 0 Å². The number of hydrogen-bond acceptors (Lipinski definition) is 3. The van der Waals surface area contributed by atoms with E-state index in [0.717, 1.165) is 12.8 Å². The van der Waals surface area contributed by atoms with Crippen molar-refractivity contribution < 1.29 is 9.72 Å². The number of carbonyl (C=O) groups excluding carboxylic acids is 1. The minimum Gasteiger partial charge on any atom is -0.294 e. The third kappa shape index (κ3) is 1.99. The van der Waals surface area contributed by atoms with Crippen LogP contribution in [0.1, 0.15) is 23.2 Å². The fraction of sp³-hybridized carbons (Fsp3) is 0.300. The van der Waals surface area contributed by atoms with E-state index in [4.69, 9.17) is 11.6 Å². The van der Waals surface area contributed by atoms with Gasteiger partial charge in [-0.05, 0) is 25.0 Å². The first-order chi connectivity index (χ1) is 7.09. The van der Waals surface area contributed by atoms with Crippen molar-refractivity contribution >= 4 is 23.1 Å². The lowest BCUT2D eigenvalue weighted by molar-refractivity contribution is -0.384. The van der Waals surface area contributed by atoms with E-state index in [0.29, 0.717) is 5.56 Å². The Kier molecular flexibility index (Phi) is 2.44. The normalized spacial score (nSPS) is 15.0. The van der Waals surface area contributed by atoms with E-state index >= 15 is 0 Å². The van der Waals surface area contributed by atoms with Gasteiger partial charge in [-0.1, -0.05) is 11.6 Å². The monoisotopic (exact) mass is 225 g/mol. The molecule has 2 rings (SSSR count). The number of halogens is 1. The van der Waals surface area contributed by atoms with E-state index in [1.165, 1.54) is 18.2 Å². The zero-order valence-electron chi connectivity index (χ0n) is 7.77. The average molecular weight is 226 g/mol. The summed E-state index contributed by atoms with van der Waals surface area (Å²) in [4.78, 5) is 21.6. The van der Waals surface area contributed by atoms with E-state index in [9.17, 15) is 14.9 Å². The molecule has 0 heterocycles. The van der Waals surface area contributed by atoms with Crippen LogP contribution in [0.4, 0.5) is 5.69 Å². The Morgan fingerprint density at radius 2 is 2.13 bits per heavy atom. The summed E-state index contributed by atoms with van der Waals surface area (Å²) in [6.07, 6.45) is 1.77. The first-order valence-electron chi connectivity index (χ1n) is 4.58. The quantitative estimate of drug-likeness (QED) is 0.451. The molecule has 0 aromatic heterocycles. The number of Topliss-reactive ketones (excluding diaryl/α,β-unsaturated/α-hetero) is 1. The van der Waals surface area contributed by atoms with Crippen LogP contribution in [0, 0.1) is 16.0 Å². The summed E-state index contributed by atoms with van der Waals surface area (Å²) in [5.74, 6) is 0.0422. The third-order valence-corrected chi connectivity index (χ3v) is 2.70. The highest BCUT2D eigenvalue weighted by molar-refractivity contribution is 6.32. The fourth-order valence-corrected chi connectivity index (χ4v) is 1.57. The van der Waals surface area contributed by atoms with Crippen molar-refractivity contribution in [1.82, 2.24) is 0 Å². The van der Waals surface area contributed by atoms with Crippen LogP contribution in [-0.2, 0) is 0 Å².